The van der Waals surface area contributed by atoms with E-state index < -0.39 is 28.5 Å². The van der Waals surface area contributed by atoms with Gasteiger partial charge in [0.2, 0.25) is 0 Å². The Hall–Kier alpha value is -3.11. The van der Waals surface area contributed by atoms with E-state index in [9.17, 15) is 18.0 Å². The molecular weight excluding hydrogens is 424 g/mol. The summed E-state index contributed by atoms with van der Waals surface area (Å²) in [7, 11) is -4.00. The number of carbonyl (C=O) groups is 2. The third-order valence-corrected chi connectivity index (χ3v) is 6.10. The van der Waals surface area contributed by atoms with Crippen LogP contribution in [0, 0.1) is 6.92 Å². The van der Waals surface area contributed by atoms with Crippen molar-refractivity contribution in [1.82, 2.24) is 5.32 Å². The fourth-order valence-corrected chi connectivity index (χ4v) is 4.34. The van der Waals surface area contributed by atoms with Crippen molar-refractivity contribution in [2.24, 2.45) is 0 Å². The van der Waals surface area contributed by atoms with E-state index in [1.165, 1.54) is 30.3 Å². The molecule has 1 unspecified atom stereocenters. The summed E-state index contributed by atoms with van der Waals surface area (Å²) in [5.74, 6) is -1.26. The Morgan fingerprint density at radius 3 is 2.68 bits per heavy atom. The first-order valence-corrected chi connectivity index (χ1v) is 11.2. The number of benzene rings is 2. The monoisotopic (exact) mass is 448 g/mol. The second-order valence-corrected chi connectivity index (χ2v) is 8.79. The molecule has 31 heavy (non-hydrogen) atoms. The lowest BCUT2D eigenvalue weighted by molar-refractivity contribution is -0.139. The second-order valence-electron chi connectivity index (χ2n) is 7.11. The molecule has 10 heteroatoms. The molecule has 1 saturated heterocycles. The molecular formula is C21H24N2O7S. The summed E-state index contributed by atoms with van der Waals surface area (Å²) in [5, 5.41) is 11.5. The van der Waals surface area contributed by atoms with Gasteiger partial charge in [-0.2, -0.15) is 0 Å². The standard InChI is InChI=1S/C21H24N2O7S/c1-14-11-16(8-9-19(14)30-13-20(24)25)31(27,28)23-18-7-3-2-6-17(18)21(26)22-12-15-5-4-10-29-15/h2-3,6-9,11,15,23H,4-5,10,12-13H2,1H3,(H,22,26)(H,24,25). The number of carboxylic acids is 1. The number of ether oxygens (including phenoxy) is 2. The van der Waals surface area contributed by atoms with E-state index in [-0.39, 0.29) is 28.0 Å². The van der Waals surface area contributed by atoms with Crippen molar-refractivity contribution in [2.45, 2.75) is 30.8 Å². The first-order valence-electron chi connectivity index (χ1n) is 9.73. The molecule has 3 N–H and O–H groups in total. The van der Waals surface area contributed by atoms with E-state index in [0.29, 0.717) is 18.7 Å². The Bertz CT molecular complexity index is 1060. The maximum atomic E-state index is 12.9. The molecule has 0 aromatic heterocycles. The molecule has 1 heterocycles. The van der Waals surface area contributed by atoms with Crippen LogP contribution in [0.15, 0.2) is 47.4 Å². The summed E-state index contributed by atoms with van der Waals surface area (Å²) in [6.45, 7) is 2.12. The van der Waals surface area contributed by atoms with Gasteiger partial charge in [0.05, 0.1) is 22.3 Å². The van der Waals surface area contributed by atoms with Crippen molar-refractivity contribution >= 4 is 27.6 Å². The van der Waals surface area contributed by atoms with Crippen LogP contribution < -0.4 is 14.8 Å². The summed E-state index contributed by atoms with van der Waals surface area (Å²) in [5.41, 5.74) is 0.810. The Morgan fingerprint density at radius 1 is 1.23 bits per heavy atom. The zero-order valence-electron chi connectivity index (χ0n) is 17.0. The minimum atomic E-state index is -4.00. The molecule has 166 valence electrons. The van der Waals surface area contributed by atoms with E-state index in [2.05, 4.69) is 10.0 Å². The summed E-state index contributed by atoms with van der Waals surface area (Å²) in [6.07, 6.45) is 1.80. The van der Waals surface area contributed by atoms with E-state index >= 15 is 0 Å². The lowest BCUT2D eigenvalue weighted by Crippen LogP contribution is -2.32. The van der Waals surface area contributed by atoms with Gasteiger partial charge >= 0.3 is 5.97 Å². The van der Waals surface area contributed by atoms with Gasteiger partial charge in [-0.05, 0) is 55.7 Å². The lowest BCUT2D eigenvalue weighted by atomic mass is 10.1. The Balaban J connectivity index is 1.74. The first-order chi connectivity index (χ1) is 14.8. The lowest BCUT2D eigenvalue weighted by Gasteiger charge is -2.15. The number of carbonyl (C=O) groups excluding carboxylic acids is 1. The minimum absolute atomic E-state index is 0.0300. The molecule has 1 aliphatic heterocycles. The number of rotatable bonds is 9. The van der Waals surface area contributed by atoms with Crippen LogP contribution >= 0.6 is 0 Å². The molecule has 2 aromatic rings. The number of para-hydroxylation sites is 1. The number of amides is 1. The smallest absolute Gasteiger partial charge is 0.341 e. The second kappa shape index (κ2) is 9.80. The molecule has 2 aromatic carbocycles. The summed E-state index contributed by atoms with van der Waals surface area (Å²) < 4.78 is 38.8. The summed E-state index contributed by atoms with van der Waals surface area (Å²) >= 11 is 0. The number of anilines is 1. The van der Waals surface area contributed by atoms with Crippen LogP contribution in [-0.4, -0.2) is 51.3 Å². The highest BCUT2D eigenvalue weighted by molar-refractivity contribution is 7.92. The molecule has 9 nitrogen and oxygen atoms in total. The van der Waals surface area contributed by atoms with Crippen molar-refractivity contribution < 1.29 is 32.6 Å². The number of nitrogens with one attached hydrogen (secondary N) is 2. The number of aliphatic carboxylic acids is 1. The van der Waals surface area contributed by atoms with E-state index in [1.807, 2.05) is 0 Å². The molecule has 3 rings (SSSR count). The van der Waals surface area contributed by atoms with Crippen molar-refractivity contribution in [3.63, 3.8) is 0 Å². The molecule has 0 bridgehead atoms. The summed E-state index contributed by atoms with van der Waals surface area (Å²) in [6, 6.07) is 10.4. The van der Waals surface area contributed by atoms with Gasteiger partial charge in [-0.25, -0.2) is 13.2 Å². The number of hydrogen-bond acceptors (Lipinski definition) is 6. The molecule has 0 aliphatic carbocycles. The van der Waals surface area contributed by atoms with Gasteiger partial charge in [0, 0.05) is 13.2 Å². The average Bonchev–Trinajstić information content (AvgIpc) is 3.25. The molecule has 1 fully saturated rings. The van der Waals surface area contributed by atoms with Gasteiger partial charge in [-0.15, -0.1) is 0 Å². The minimum Gasteiger partial charge on any atom is -0.482 e. The van der Waals surface area contributed by atoms with Gasteiger partial charge in [0.1, 0.15) is 5.75 Å². The van der Waals surface area contributed by atoms with Crippen LogP contribution in [-0.2, 0) is 19.6 Å². The first kappa shape index (κ1) is 22.6. The number of carboxylic acid groups (broad SMARTS) is 1. The fraction of sp³-hybridized carbons (Fsp3) is 0.333. The fourth-order valence-electron chi connectivity index (χ4n) is 3.17. The maximum absolute atomic E-state index is 12.9. The normalized spacial score (nSPS) is 16.0. The highest BCUT2D eigenvalue weighted by Gasteiger charge is 2.21. The van der Waals surface area contributed by atoms with Crippen LogP contribution in [0.3, 0.4) is 0 Å². The maximum Gasteiger partial charge on any atom is 0.341 e. The predicted octanol–water partition coefficient (Wildman–Crippen LogP) is 2.17. The molecule has 0 saturated carbocycles. The quantitative estimate of drug-likeness (QED) is 0.536. The highest BCUT2D eigenvalue weighted by Crippen LogP contribution is 2.25. The number of sulfonamides is 1. The zero-order valence-corrected chi connectivity index (χ0v) is 17.8. The van der Waals surface area contributed by atoms with Crippen LogP contribution in [0.5, 0.6) is 5.75 Å². The van der Waals surface area contributed by atoms with Crippen LogP contribution in [0.4, 0.5) is 5.69 Å². The van der Waals surface area contributed by atoms with Crippen molar-refractivity contribution in [2.75, 3.05) is 24.5 Å². The molecule has 0 radical (unpaired) electrons. The number of hydrogen-bond donors (Lipinski definition) is 3. The Morgan fingerprint density at radius 2 is 2.00 bits per heavy atom. The SMILES string of the molecule is Cc1cc(S(=O)(=O)Nc2ccccc2C(=O)NCC2CCCO2)ccc1OCC(=O)O. The van der Waals surface area contributed by atoms with E-state index in [1.54, 1.807) is 19.1 Å². The largest absolute Gasteiger partial charge is 0.482 e. The Kier molecular flexibility index (Phi) is 7.13. The average molecular weight is 448 g/mol. The van der Waals surface area contributed by atoms with Gasteiger partial charge in [-0.1, -0.05) is 12.1 Å². The molecule has 1 amide bonds. The van der Waals surface area contributed by atoms with E-state index in [0.717, 1.165) is 12.8 Å². The van der Waals surface area contributed by atoms with Crippen molar-refractivity contribution in [3.8, 4) is 5.75 Å². The van der Waals surface area contributed by atoms with Gasteiger partial charge in [0.25, 0.3) is 15.9 Å². The van der Waals surface area contributed by atoms with Gasteiger partial charge < -0.3 is 19.9 Å². The highest BCUT2D eigenvalue weighted by atomic mass is 32.2. The van der Waals surface area contributed by atoms with Gasteiger partial charge in [0.15, 0.2) is 6.61 Å². The van der Waals surface area contributed by atoms with E-state index in [4.69, 9.17) is 14.6 Å². The van der Waals surface area contributed by atoms with Crippen molar-refractivity contribution in [1.29, 1.82) is 0 Å². The molecule has 1 atom stereocenters. The van der Waals surface area contributed by atoms with Crippen LogP contribution in [0.1, 0.15) is 28.8 Å². The third-order valence-electron chi connectivity index (χ3n) is 4.74. The topological polar surface area (TPSA) is 131 Å². The van der Waals surface area contributed by atoms with Crippen LogP contribution in [0.2, 0.25) is 0 Å². The zero-order chi connectivity index (χ0) is 22.4. The van der Waals surface area contributed by atoms with Crippen LogP contribution in [0.25, 0.3) is 0 Å². The third kappa shape index (κ3) is 5.96. The molecule has 1 aliphatic rings. The van der Waals surface area contributed by atoms with Gasteiger partial charge in [-0.3, -0.25) is 9.52 Å². The Labute approximate surface area is 180 Å². The predicted molar refractivity (Wildman–Crippen MR) is 113 cm³/mol. The number of aryl methyl sites for hydroxylation is 1. The molecule has 0 spiro atoms. The van der Waals surface area contributed by atoms with Crippen molar-refractivity contribution in [3.05, 3.63) is 53.6 Å². The summed E-state index contributed by atoms with van der Waals surface area (Å²) in [4.78, 5) is 23.2.